The van der Waals surface area contributed by atoms with E-state index >= 15 is 0 Å². The van der Waals surface area contributed by atoms with Gasteiger partial charge >= 0.3 is 6.03 Å². The second-order valence-corrected chi connectivity index (χ2v) is 2.85. The number of Topliss-reactive ketones (excluding diaryl/α,β-unsaturated/α-hetero) is 1. The highest BCUT2D eigenvalue weighted by Gasteiger charge is 2.11. The summed E-state index contributed by atoms with van der Waals surface area (Å²) in [7, 11) is 0. The number of anilines is 1. The first-order chi connectivity index (χ1) is 7.06. The van der Waals surface area contributed by atoms with Crippen molar-refractivity contribution >= 4 is 17.5 Å². The van der Waals surface area contributed by atoms with E-state index in [1.54, 1.807) is 12.1 Å². The van der Waals surface area contributed by atoms with Gasteiger partial charge in [-0.25, -0.2) is 4.79 Å². The summed E-state index contributed by atoms with van der Waals surface area (Å²) >= 11 is 0. The number of hydrogen-bond donors (Lipinski definition) is 2. The number of rotatable bonds is 3. The highest BCUT2D eigenvalue weighted by atomic mass is 16.2. The molecule has 0 fully saturated rings. The van der Waals surface area contributed by atoms with Crippen LogP contribution >= 0.6 is 0 Å². The van der Waals surface area contributed by atoms with Crippen LogP contribution in [0.3, 0.4) is 0 Å². The van der Waals surface area contributed by atoms with E-state index in [-0.39, 0.29) is 5.78 Å². The molecule has 0 aliphatic heterocycles. The summed E-state index contributed by atoms with van der Waals surface area (Å²) in [6.07, 6.45) is 0. The maximum Gasteiger partial charge on any atom is 0.341 e. The van der Waals surface area contributed by atoms with Crippen molar-refractivity contribution in [2.75, 3.05) is 5.01 Å². The zero-order chi connectivity index (χ0) is 11.4. The van der Waals surface area contributed by atoms with E-state index in [1.165, 1.54) is 19.1 Å². The molecule has 6 nitrogen and oxygen atoms in total. The zero-order valence-corrected chi connectivity index (χ0v) is 8.10. The highest BCUT2D eigenvalue weighted by molar-refractivity contribution is 5.95. The third-order valence-electron chi connectivity index (χ3n) is 1.83. The van der Waals surface area contributed by atoms with Gasteiger partial charge < -0.3 is 5.73 Å². The largest absolute Gasteiger partial charge is 0.350 e. The van der Waals surface area contributed by atoms with E-state index in [2.05, 4.69) is 5.22 Å². The number of nitrogens with two attached hydrogens (primary N) is 1. The van der Waals surface area contributed by atoms with Crippen molar-refractivity contribution < 1.29 is 9.59 Å². The number of carbonyl (C=O) groups excluding carboxylic acids is 2. The molecule has 0 bridgehead atoms. The Morgan fingerprint density at radius 3 is 2.20 bits per heavy atom. The van der Waals surface area contributed by atoms with Crippen molar-refractivity contribution in [1.29, 1.82) is 5.53 Å². The molecule has 1 rings (SSSR count). The fourth-order valence-electron chi connectivity index (χ4n) is 1.07. The van der Waals surface area contributed by atoms with Crippen molar-refractivity contribution in [1.82, 2.24) is 0 Å². The first-order valence-corrected chi connectivity index (χ1v) is 4.14. The van der Waals surface area contributed by atoms with Gasteiger partial charge in [0.15, 0.2) is 5.78 Å². The number of benzene rings is 1. The Balaban J connectivity index is 3.02. The maximum absolute atomic E-state index is 11.0. The zero-order valence-electron chi connectivity index (χ0n) is 8.10. The molecular weight excluding hydrogens is 196 g/mol. The third-order valence-corrected chi connectivity index (χ3v) is 1.83. The van der Waals surface area contributed by atoms with Gasteiger partial charge in [-0.05, 0) is 31.2 Å². The Labute approximate surface area is 86.2 Å². The van der Waals surface area contributed by atoms with Crippen LogP contribution in [-0.2, 0) is 0 Å². The van der Waals surface area contributed by atoms with E-state index < -0.39 is 6.03 Å². The molecule has 1 aromatic carbocycles. The standard InChI is InChI=1S/C9H10N4O2/c1-6(14)7-2-4-8(5-3-7)13(12-11)9(10)15/h2-5,11H,1H3,(H2,10,15). The van der Waals surface area contributed by atoms with Crippen LogP contribution in [0, 0.1) is 5.53 Å². The van der Waals surface area contributed by atoms with Gasteiger partial charge in [-0.15, -0.1) is 0 Å². The van der Waals surface area contributed by atoms with E-state index in [9.17, 15) is 9.59 Å². The summed E-state index contributed by atoms with van der Waals surface area (Å²) in [5.74, 6) is -0.0741. The van der Waals surface area contributed by atoms with Crippen LogP contribution in [0.15, 0.2) is 29.5 Å². The Bertz CT molecular complexity index is 399. The molecule has 0 radical (unpaired) electrons. The molecule has 6 heteroatoms. The van der Waals surface area contributed by atoms with Crippen LogP contribution in [0.4, 0.5) is 10.5 Å². The molecule has 3 N–H and O–H groups in total. The Morgan fingerprint density at radius 1 is 1.33 bits per heavy atom. The van der Waals surface area contributed by atoms with Gasteiger partial charge in [0.2, 0.25) is 0 Å². The van der Waals surface area contributed by atoms with Crippen LogP contribution in [-0.4, -0.2) is 11.8 Å². The minimum absolute atomic E-state index is 0.0741. The molecule has 0 aliphatic rings. The number of amides is 2. The summed E-state index contributed by atoms with van der Waals surface area (Å²) in [5, 5.41) is 3.68. The Kier molecular flexibility index (Phi) is 3.12. The number of urea groups is 1. The summed E-state index contributed by atoms with van der Waals surface area (Å²) in [6, 6.07) is 5.23. The molecule has 0 aliphatic carbocycles. The number of ketones is 1. The van der Waals surface area contributed by atoms with E-state index in [0.717, 1.165) is 5.01 Å². The van der Waals surface area contributed by atoms with Gasteiger partial charge in [-0.3, -0.25) is 4.79 Å². The molecule has 1 aromatic rings. The third kappa shape index (κ3) is 2.37. The molecular formula is C9H10N4O2. The maximum atomic E-state index is 11.0. The number of nitrogens with zero attached hydrogens (tertiary/aromatic N) is 2. The number of primary amides is 1. The molecule has 0 heterocycles. The lowest BCUT2D eigenvalue weighted by molar-refractivity contribution is 0.101. The van der Waals surface area contributed by atoms with Crippen LogP contribution in [0.2, 0.25) is 0 Å². The van der Waals surface area contributed by atoms with Crippen molar-refractivity contribution in [2.45, 2.75) is 6.92 Å². The predicted molar refractivity (Wildman–Crippen MR) is 53.7 cm³/mol. The van der Waals surface area contributed by atoms with Crippen LogP contribution in [0.1, 0.15) is 17.3 Å². The SMILES string of the molecule is CC(=O)c1ccc(N(N=N)C(N)=O)cc1. The summed E-state index contributed by atoms with van der Waals surface area (Å²) in [4.78, 5) is 21.8. The molecule has 2 amide bonds. The Hall–Kier alpha value is -2.24. The minimum atomic E-state index is -0.847. The highest BCUT2D eigenvalue weighted by Crippen LogP contribution is 2.15. The van der Waals surface area contributed by atoms with Crippen molar-refractivity contribution in [3.63, 3.8) is 0 Å². The fourth-order valence-corrected chi connectivity index (χ4v) is 1.07. The van der Waals surface area contributed by atoms with Gasteiger partial charge in [0.05, 0.1) is 5.69 Å². The minimum Gasteiger partial charge on any atom is -0.350 e. The van der Waals surface area contributed by atoms with E-state index in [0.29, 0.717) is 11.3 Å². The Morgan fingerprint density at radius 2 is 1.87 bits per heavy atom. The first kappa shape index (κ1) is 10.8. The van der Waals surface area contributed by atoms with Gasteiger partial charge in [0.25, 0.3) is 0 Å². The molecule has 0 saturated carbocycles. The summed E-state index contributed by atoms with van der Waals surface area (Å²) < 4.78 is 0. The fraction of sp³-hybridized carbons (Fsp3) is 0.111. The normalized spacial score (nSPS) is 9.40. The molecule has 0 atom stereocenters. The average Bonchev–Trinajstić information content (AvgIpc) is 2.19. The predicted octanol–water partition coefficient (Wildman–Crippen LogP) is 1.72. The van der Waals surface area contributed by atoms with E-state index in [4.69, 9.17) is 11.3 Å². The average molecular weight is 206 g/mol. The van der Waals surface area contributed by atoms with Crippen molar-refractivity contribution in [3.8, 4) is 0 Å². The van der Waals surface area contributed by atoms with Crippen LogP contribution in [0.5, 0.6) is 0 Å². The molecule has 0 spiro atoms. The number of hydrogen-bond acceptors (Lipinski definition) is 4. The lowest BCUT2D eigenvalue weighted by Gasteiger charge is -2.11. The summed E-state index contributed by atoms with van der Waals surface area (Å²) in [5.41, 5.74) is 12.6. The smallest absolute Gasteiger partial charge is 0.341 e. The number of nitrogens with one attached hydrogen (secondary N) is 1. The monoisotopic (exact) mass is 206 g/mol. The lowest BCUT2D eigenvalue weighted by Crippen LogP contribution is -2.30. The molecule has 15 heavy (non-hydrogen) atoms. The first-order valence-electron chi connectivity index (χ1n) is 4.14. The lowest BCUT2D eigenvalue weighted by atomic mass is 10.1. The quantitative estimate of drug-likeness (QED) is 0.447. The van der Waals surface area contributed by atoms with Gasteiger partial charge in [0, 0.05) is 5.56 Å². The van der Waals surface area contributed by atoms with Crippen molar-refractivity contribution in [2.24, 2.45) is 11.0 Å². The van der Waals surface area contributed by atoms with Crippen molar-refractivity contribution in [3.05, 3.63) is 29.8 Å². The van der Waals surface area contributed by atoms with Gasteiger partial charge in [-0.1, -0.05) is 5.22 Å². The van der Waals surface area contributed by atoms with E-state index in [1.807, 2.05) is 0 Å². The topological polar surface area (TPSA) is 99.6 Å². The molecule has 0 unspecified atom stereocenters. The molecule has 0 aromatic heterocycles. The second-order valence-electron chi connectivity index (χ2n) is 2.85. The van der Waals surface area contributed by atoms with Gasteiger partial charge in [-0.2, -0.15) is 10.5 Å². The number of carbonyl (C=O) groups is 2. The molecule has 78 valence electrons. The second kappa shape index (κ2) is 4.32. The van der Waals surface area contributed by atoms with Gasteiger partial charge in [0.1, 0.15) is 0 Å². The summed E-state index contributed by atoms with van der Waals surface area (Å²) in [6.45, 7) is 1.44. The van der Waals surface area contributed by atoms with Crippen LogP contribution in [0.25, 0.3) is 0 Å². The molecule has 0 saturated heterocycles. The van der Waals surface area contributed by atoms with Crippen LogP contribution < -0.4 is 10.7 Å².